The van der Waals surface area contributed by atoms with Gasteiger partial charge in [-0.3, -0.25) is 4.79 Å². The third-order valence-corrected chi connectivity index (χ3v) is 4.47. The van der Waals surface area contributed by atoms with E-state index >= 15 is 0 Å². The van der Waals surface area contributed by atoms with Crippen molar-refractivity contribution in [2.75, 3.05) is 25.5 Å². The summed E-state index contributed by atoms with van der Waals surface area (Å²) >= 11 is 0. The van der Waals surface area contributed by atoms with Gasteiger partial charge in [0.25, 0.3) is 0 Å². The predicted molar refractivity (Wildman–Crippen MR) is 74.3 cm³/mol. The lowest BCUT2D eigenvalue weighted by Gasteiger charge is -2.23. The molecule has 0 unspecified atom stereocenters. The summed E-state index contributed by atoms with van der Waals surface area (Å²) < 4.78 is 5.26. The highest BCUT2D eigenvalue weighted by Crippen LogP contribution is 2.58. The molecule has 4 heteroatoms. The molecule has 1 saturated heterocycles. The largest absolute Gasteiger partial charge is 0.495 e. The average Bonchev–Trinajstić information content (AvgIpc) is 3.14. The Hall–Kier alpha value is -1.55. The Kier molecular flexibility index (Phi) is 3.19. The summed E-state index contributed by atoms with van der Waals surface area (Å²) in [7, 11) is 1.62. The summed E-state index contributed by atoms with van der Waals surface area (Å²) in [5, 5.41) is 6.37. The van der Waals surface area contributed by atoms with Crippen LogP contribution in [0.25, 0.3) is 0 Å². The molecule has 0 aromatic heterocycles. The van der Waals surface area contributed by atoms with E-state index in [1.54, 1.807) is 7.11 Å². The van der Waals surface area contributed by atoms with Gasteiger partial charge < -0.3 is 15.4 Å². The molecule has 0 radical (unpaired) electrons. The van der Waals surface area contributed by atoms with Gasteiger partial charge in [0, 0.05) is 5.92 Å². The van der Waals surface area contributed by atoms with Crippen molar-refractivity contribution >= 4 is 11.6 Å². The van der Waals surface area contributed by atoms with Crippen molar-refractivity contribution in [2.45, 2.75) is 19.3 Å². The van der Waals surface area contributed by atoms with Gasteiger partial charge in [-0.25, -0.2) is 0 Å². The summed E-state index contributed by atoms with van der Waals surface area (Å²) in [6.45, 7) is 2.08. The minimum Gasteiger partial charge on any atom is -0.495 e. The second-order valence-electron chi connectivity index (χ2n) is 5.56. The zero-order valence-corrected chi connectivity index (χ0v) is 11.2. The Labute approximate surface area is 113 Å². The van der Waals surface area contributed by atoms with Gasteiger partial charge in [0.15, 0.2) is 0 Å². The van der Waals surface area contributed by atoms with Crippen LogP contribution in [0.15, 0.2) is 24.3 Å². The molecular weight excluding hydrogens is 240 g/mol. The number of anilines is 1. The summed E-state index contributed by atoms with van der Waals surface area (Å²) in [6.07, 6.45) is 3.28. The fraction of sp³-hybridized carbons (Fsp3) is 0.533. The fourth-order valence-electron chi connectivity index (χ4n) is 3.16. The smallest absolute Gasteiger partial charge is 0.228 e. The molecule has 1 amide bonds. The SMILES string of the molecule is COc1ccccc1NC(=O)[C@@H]1CC12CCNCC2. The van der Waals surface area contributed by atoms with Crippen molar-refractivity contribution in [3.8, 4) is 5.75 Å². The van der Waals surface area contributed by atoms with E-state index in [0.29, 0.717) is 0 Å². The number of hydrogen-bond donors (Lipinski definition) is 2. The highest BCUT2D eigenvalue weighted by atomic mass is 16.5. The Morgan fingerprint density at radius 3 is 2.84 bits per heavy atom. The molecule has 1 aromatic rings. The van der Waals surface area contributed by atoms with Crippen LogP contribution in [0.1, 0.15) is 19.3 Å². The minimum atomic E-state index is 0.145. The van der Waals surface area contributed by atoms with Gasteiger partial charge in [-0.05, 0) is 49.9 Å². The number of piperidine rings is 1. The summed E-state index contributed by atoms with van der Waals surface area (Å²) in [5.41, 5.74) is 1.04. The van der Waals surface area contributed by atoms with E-state index in [4.69, 9.17) is 4.74 Å². The average molecular weight is 260 g/mol. The molecule has 2 fully saturated rings. The van der Waals surface area contributed by atoms with Gasteiger partial charge in [0.1, 0.15) is 5.75 Å². The van der Waals surface area contributed by atoms with E-state index < -0.39 is 0 Å². The van der Waals surface area contributed by atoms with Crippen LogP contribution >= 0.6 is 0 Å². The lowest BCUT2D eigenvalue weighted by molar-refractivity contribution is -0.118. The highest BCUT2D eigenvalue weighted by molar-refractivity contribution is 5.96. The number of benzene rings is 1. The highest BCUT2D eigenvalue weighted by Gasteiger charge is 2.57. The van der Waals surface area contributed by atoms with Crippen molar-refractivity contribution in [3.05, 3.63) is 24.3 Å². The Morgan fingerprint density at radius 2 is 2.11 bits per heavy atom. The van der Waals surface area contributed by atoms with Crippen LogP contribution in [0.4, 0.5) is 5.69 Å². The molecule has 1 saturated carbocycles. The maximum absolute atomic E-state index is 12.3. The molecule has 1 spiro atoms. The quantitative estimate of drug-likeness (QED) is 0.874. The number of nitrogens with one attached hydrogen (secondary N) is 2. The number of amides is 1. The summed E-state index contributed by atoms with van der Waals surface area (Å²) in [6, 6.07) is 7.56. The number of ether oxygens (including phenoxy) is 1. The van der Waals surface area contributed by atoms with Crippen LogP contribution in [0.5, 0.6) is 5.75 Å². The normalized spacial score (nSPS) is 23.9. The topological polar surface area (TPSA) is 50.4 Å². The first-order valence-electron chi connectivity index (χ1n) is 6.90. The van der Waals surface area contributed by atoms with Gasteiger partial charge in [-0.15, -0.1) is 0 Å². The third-order valence-electron chi connectivity index (χ3n) is 4.47. The van der Waals surface area contributed by atoms with Crippen molar-refractivity contribution in [2.24, 2.45) is 11.3 Å². The van der Waals surface area contributed by atoms with E-state index in [1.807, 2.05) is 24.3 Å². The first kappa shape index (κ1) is 12.5. The second kappa shape index (κ2) is 4.85. The predicted octanol–water partition coefficient (Wildman–Crippen LogP) is 2.02. The zero-order valence-electron chi connectivity index (χ0n) is 11.2. The van der Waals surface area contributed by atoms with E-state index in [-0.39, 0.29) is 17.2 Å². The molecule has 102 valence electrons. The number of para-hydroxylation sites is 2. The van der Waals surface area contributed by atoms with Crippen molar-refractivity contribution < 1.29 is 9.53 Å². The molecule has 2 aliphatic rings. The van der Waals surface area contributed by atoms with Crippen LogP contribution < -0.4 is 15.4 Å². The lowest BCUT2D eigenvalue weighted by atomic mass is 9.92. The van der Waals surface area contributed by atoms with Crippen LogP contribution in [0.2, 0.25) is 0 Å². The summed E-state index contributed by atoms with van der Waals surface area (Å²) in [5.74, 6) is 1.04. The van der Waals surface area contributed by atoms with E-state index in [2.05, 4.69) is 10.6 Å². The zero-order chi connectivity index (χ0) is 13.3. The van der Waals surface area contributed by atoms with Crippen molar-refractivity contribution in [1.29, 1.82) is 0 Å². The Bertz CT molecular complexity index is 481. The van der Waals surface area contributed by atoms with Gasteiger partial charge in [-0.2, -0.15) is 0 Å². The number of carbonyl (C=O) groups is 1. The van der Waals surface area contributed by atoms with Gasteiger partial charge >= 0.3 is 0 Å². The molecule has 0 bridgehead atoms. The number of hydrogen-bond acceptors (Lipinski definition) is 3. The maximum atomic E-state index is 12.3. The van der Waals surface area contributed by atoms with Gasteiger partial charge in [-0.1, -0.05) is 12.1 Å². The molecule has 3 rings (SSSR count). The first-order valence-corrected chi connectivity index (χ1v) is 6.90. The number of carbonyl (C=O) groups excluding carboxylic acids is 1. The molecule has 19 heavy (non-hydrogen) atoms. The van der Waals surface area contributed by atoms with Gasteiger partial charge in [0.05, 0.1) is 12.8 Å². The number of rotatable bonds is 3. The maximum Gasteiger partial charge on any atom is 0.228 e. The van der Waals surface area contributed by atoms with Gasteiger partial charge in [0.2, 0.25) is 5.91 Å². The van der Waals surface area contributed by atoms with Crippen LogP contribution in [0, 0.1) is 11.3 Å². The molecule has 1 aliphatic heterocycles. The van der Waals surface area contributed by atoms with E-state index in [0.717, 1.165) is 43.8 Å². The molecule has 1 aromatic carbocycles. The van der Waals surface area contributed by atoms with E-state index in [1.165, 1.54) is 0 Å². The molecule has 1 aliphatic carbocycles. The minimum absolute atomic E-state index is 0.145. The summed E-state index contributed by atoms with van der Waals surface area (Å²) in [4.78, 5) is 12.3. The molecular formula is C15H20N2O2. The fourth-order valence-corrected chi connectivity index (χ4v) is 3.16. The Balaban J connectivity index is 1.66. The first-order chi connectivity index (χ1) is 9.25. The Morgan fingerprint density at radius 1 is 1.37 bits per heavy atom. The number of methoxy groups -OCH3 is 1. The monoisotopic (exact) mass is 260 g/mol. The van der Waals surface area contributed by atoms with Crippen LogP contribution in [0.3, 0.4) is 0 Å². The van der Waals surface area contributed by atoms with Crippen LogP contribution in [-0.2, 0) is 4.79 Å². The van der Waals surface area contributed by atoms with Crippen molar-refractivity contribution in [1.82, 2.24) is 5.32 Å². The standard InChI is InChI=1S/C15H20N2O2/c1-19-13-5-3-2-4-12(13)17-14(18)11-10-15(11)6-8-16-9-7-15/h2-5,11,16H,6-10H2,1H3,(H,17,18)/t11-/m0/s1. The molecule has 4 nitrogen and oxygen atoms in total. The van der Waals surface area contributed by atoms with Crippen molar-refractivity contribution in [3.63, 3.8) is 0 Å². The third kappa shape index (κ3) is 2.32. The molecule has 1 heterocycles. The van der Waals surface area contributed by atoms with E-state index in [9.17, 15) is 4.79 Å². The second-order valence-corrected chi connectivity index (χ2v) is 5.56. The van der Waals surface area contributed by atoms with Crippen LogP contribution in [-0.4, -0.2) is 26.1 Å². The molecule has 1 atom stereocenters. The lowest BCUT2D eigenvalue weighted by Crippen LogP contribution is -2.31. The molecule has 2 N–H and O–H groups in total.